The van der Waals surface area contributed by atoms with Crippen LogP contribution in [0.1, 0.15) is 25.3 Å². The van der Waals surface area contributed by atoms with Gasteiger partial charge in [-0.15, -0.1) is 0 Å². The van der Waals surface area contributed by atoms with Gasteiger partial charge >= 0.3 is 7.60 Å². The van der Waals surface area contributed by atoms with Crippen LogP contribution in [0.4, 0.5) is 0 Å². The first-order valence-electron chi connectivity index (χ1n) is 6.00. The zero-order valence-electron chi connectivity index (χ0n) is 10.5. The van der Waals surface area contributed by atoms with E-state index in [9.17, 15) is 9.46 Å². The highest BCUT2D eigenvalue weighted by molar-refractivity contribution is 7.56. The summed E-state index contributed by atoms with van der Waals surface area (Å²) < 4.78 is 16.6. The maximum atomic E-state index is 11.6. The minimum absolute atomic E-state index is 0.160. The fourth-order valence-electron chi connectivity index (χ4n) is 1.29. The average molecular weight is 266 g/mol. The van der Waals surface area contributed by atoms with Gasteiger partial charge in [-0.05, 0) is 18.1 Å². The predicted molar refractivity (Wildman–Crippen MR) is 75.3 cm³/mol. The lowest BCUT2D eigenvalue weighted by atomic mass is 10.2. The molecular formula is C14H19O3P. The number of benzene rings is 1. The van der Waals surface area contributed by atoms with Crippen LogP contribution in [0.2, 0.25) is 0 Å². The minimum atomic E-state index is -3.64. The largest absolute Gasteiger partial charge is 0.351 e. The third-order valence-electron chi connectivity index (χ3n) is 2.23. The van der Waals surface area contributed by atoms with E-state index in [1.165, 1.54) is 5.82 Å². The molecule has 4 heteroatoms. The number of unbranched alkanes of at least 4 members (excludes halogenated alkanes) is 1. The molecule has 1 atom stereocenters. The summed E-state index contributed by atoms with van der Waals surface area (Å²) in [6.07, 6.45) is 7.32. The van der Waals surface area contributed by atoms with E-state index < -0.39 is 7.60 Å². The molecule has 0 fully saturated rings. The van der Waals surface area contributed by atoms with Crippen molar-refractivity contribution >= 4 is 13.7 Å². The Balaban J connectivity index is 2.44. The van der Waals surface area contributed by atoms with Gasteiger partial charge in [0.1, 0.15) is 0 Å². The van der Waals surface area contributed by atoms with Crippen LogP contribution in [0.15, 0.2) is 48.3 Å². The van der Waals surface area contributed by atoms with Gasteiger partial charge in [0.15, 0.2) is 0 Å². The Hall–Kier alpha value is -1.15. The second-order valence-electron chi connectivity index (χ2n) is 3.85. The zero-order valence-corrected chi connectivity index (χ0v) is 11.4. The van der Waals surface area contributed by atoms with Gasteiger partial charge in [-0.3, -0.25) is 4.57 Å². The first-order chi connectivity index (χ1) is 8.64. The summed E-state index contributed by atoms with van der Waals surface area (Å²) in [6, 6.07) is 9.35. The summed E-state index contributed by atoms with van der Waals surface area (Å²) in [7, 11) is -3.64. The molecule has 1 aromatic carbocycles. The molecule has 0 aliphatic carbocycles. The van der Waals surface area contributed by atoms with Crippen LogP contribution in [0.5, 0.6) is 0 Å². The summed E-state index contributed by atoms with van der Waals surface area (Å²) in [5.74, 6) is 1.22. The van der Waals surface area contributed by atoms with E-state index in [0.29, 0.717) is 0 Å². The van der Waals surface area contributed by atoms with Gasteiger partial charge in [-0.25, -0.2) is 0 Å². The molecule has 0 saturated carbocycles. The lowest BCUT2D eigenvalue weighted by Gasteiger charge is -2.05. The Morgan fingerprint density at radius 2 is 2.00 bits per heavy atom. The van der Waals surface area contributed by atoms with Crippen molar-refractivity contribution < 1.29 is 14.0 Å². The van der Waals surface area contributed by atoms with Gasteiger partial charge in [0, 0.05) is 5.82 Å². The smallest absolute Gasteiger partial charge is 0.321 e. The predicted octanol–water partition coefficient (Wildman–Crippen LogP) is 4.22. The normalized spacial score (nSPS) is 15.2. The van der Waals surface area contributed by atoms with E-state index in [4.69, 9.17) is 4.52 Å². The highest BCUT2D eigenvalue weighted by Gasteiger charge is 2.12. The van der Waals surface area contributed by atoms with E-state index in [0.717, 1.165) is 18.4 Å². The van der Waals surface area contributed by atoms with Gasteiger partial charge in [-0.1, -0.05) is 55.8 Å². The Bertz CT molecular complexity index is 438. The van der Waals surface area contributed by atoms with Crippen LogP contribution in [-0.4, -0.2) is 11.5 Å². The molecule has 1 unspecified atom stereocenters. The Morgan fingerprint density at radius 3 is 2.67 bits per heavy atom. The Morgan fingerprint density at radius 1 is 1.28 bits per heavy atom. The second-order valence-corrected chi connectivity index (χ2v) is 5.53. The third-order valence-corrected chi connectivity index (χ3v) is 3.28. The van der Waals surface area contributed by atoms with Crippen molar-refractivity contribution in [3.63, 3.8) is 0 Å². The van der Waals surface area contributed by atoms with Gasteiger partial charge < -0.3 is 9.42 Å². The minimum Gasteiger partial charge on any atom is -0.321 e. The van der Waals surface area contributed by atoms with Gasteiger partial charge in [0.2, 0.25) is 0 Å². The summed E-state index contributed by atoms with van der Waals surface area (Å²) >= 11 is 0. The molecule has 0 aliphatic heterocycles. The monoisotopic (exact) mass is 266 g/mol. The Labute approximate surface area is 108 Å². The van der Waals surface area contributed by atoms with Crippen LogP contribution in [0.25, 0.3) is 6.08 Å². The molecule has 1 rings (SSSR count). The van der Waals surface area contributed by atoms with E-state index in [1.54, 1.807) is 12.2 Å². The topological polar surface area (TPSA) is 46.5 Å². The molecule has 0 radical (unpaired) electrons. The molecule has 0 spiro atoms. The highest BCUT2D eigenvalue weighted by Crippen LogP contribution is 2.43. The van der Waals surface area contributed by atoms with Crippen LogP contribution in [0.3, 0.4) is 0 Å². The van der Waals surface area contributed by atoms with E-state index in [2.05, 4.69) is 6.92 Å². The standard InChI is InChI=1S/C14H19O3P/c1-2-3-4-8-12-17-18(15,16)13-11-14-9-6-5-7-10-14/h4-11,13H,2-3,12H2,1H3,(H,15,16). The molecular weight excluding hydrogens is 247 g/mol. The van der Waals surface area contributed by atoms with Crippen molar-refractivity contribution in [1.29, 1.82) is 0 Å². The first-order valence-corrected chi connectivity index (χ1v) is 7.65. The zero-order chi connectivity index (χ0) is 13.3. The summed E-state index contributed by atoms with van der Waals surface area (Å²) in [4.78, 5) is 9.54. The van der Waals surface area contributed by atoms with Crippen molar-refractivity contribution in [1.82, 2.24) is 0 Å². The molecule has 0 bridgehead atoms. The van der Waals surface area contributed by atoms with Gasteiger partial charge in [0.25, 0.3) is 0 Å². The summed E-state index contributed by atoms with van der Waals surface area (Å²) in [5, 5.41) is 0. The van der Waals surface area contributed by atoms with Crippen molar-refractivity contribution in [2.24, 2.45) is 0 Å². The van der Waals surface area contributed by atoms with Gasteiger partial charge in [-0.2, -0.15) is 0 Å². The molecule has 0 heterocycles. The van der Waals surface area contributed by atoms with Crippen molar-refractivity contribution in [3.8, 4) is 0 Å². The lowest BCUT2D eigenvalue weighted by Crippen LogP contribution is -1.86. The molecule has 18 heavy (non-hydrogen) atoms. The second kappa shape index (κ2) is 8.04. The molecule has 98 valence electrons. The molecule has 3 nitrogen and oxygen atoms in total. The SMILES string of the molecule is CCCC=CCOP(=O)(O)C=Cc1ccccc1. The van der Waals surface area contributed by atoms with Crippen LogP contribution >= 0.6 is 7.60 Å². The maximum absolute atomic E-state index is 11.6. The van der Waals surface area contributed by atoms with Crippen molar-refractivity contribution in [3.05, 3.63) is 53.9 Å². The molecule has 0 amide bonds. The Kier molecular flexibility index (Phi) is 6.66. The molecule has 0 saturated heterocycles. The number of hydrogen-bond acceptors (Lipinski definition) is 2. The fraction of sp³-hybridized carbons (Fsp3) is 0.286. The highest BCUT2D eigenvalue weighted by atomic mass is 31.2. The third kappa shape index (κ3) is 6.55. The number of allylic oxidation sites excluding steroid dienone is 1. The fourth-order valence-corrected chi connectivity index (χ4v) is 2.04. The average Bonchev–Trinajstić information content (AvgIpc) is 2.38. The van der Waals surface area contributed by atoms with Gasteiger partial charge in [0.05, 0.1) is 6.61 Å². The summed E-state index contributed by atoms with van der Waals surface area (Å²) in [6.45, 7) is 2.23. The van der Waals surface area contributed by atoms with Crippen LogP contribution in [-0.2, 0) is 9.09 Å². The summed E-state index contributed by atoms with van der Waals surface area (Å²) in [5.41, 5.74) is 0.872. The van der Waals surface area contributed by atoms with E-state index >= 15 is 0 Å². The molecule has 0 aliphatic rings. The van der Waals surface area contributed by atoms with Crippen LogP contribution in [0, 0.1) is 0 Å². The first kappa shape index (κ1) is 14.9. The number of rotatable bonds is 7. The van der Waals surface area contributed by atoms with E-state index in [-0.39, 0.29) is 6.61 Å². The lowest BCUT2D eigenvalue weighted by molar-refractivity contribution is 0.297. The maximum Gasteiger partial charge on any atom is 0.351 e. The van der Waals surface area contributed by atoms with Crippen molar-refractivity contribution in [2.75, 3.05) is 6.61 Å². The quantitative estimate of drug-likeness (QED) is 0.593. The molecule has 1 aromatic rings. The molecule has 0 aromatic heterocycles. The molecule has 1 N–H and O–H groups in total. The van der Waals surface area contributed by atoms with Crippen LogP contribution < -0.4 is 0 Å². The van der Waals surface area contributed by atoms with E-state index in [1.807, 2.05) is 36.4 Å². The van der Waals surface area contributed by atoms with Crippen molar-refractivity contribution in [2.45, 2.75) is 19.8 Å². The number of hydrogen-bond donors (Lipinski definition) is 1.